The smallest absolute Gasteiger partial charge is 0.303 e. The maximum absolute atomic E-state index is 13.8. The maximum atomic E-state index is 13.8. The number of carbonyl (C=O) groups is 2. The first-order valence-corrected chi connectivity index (χ1v) is 18.9. The van der Waals surface area contributed by atoms with Crippen molar-refractivity contribution < 1.29 is 33.0 Å². The van der Waals surface area contributed by atoms with Gasteiger partial charge in [0.1, 0.15) is 5.75 Å². The number of amides is 2. The van der Waals surface area contributed by atoms with Crippen molar-refractivity contribution in [1.29, 1.82) is 0 Å². The van der Waals surface area contributed by atoms with E-state index in [1.807, 2.05) is 29.0 Å². The van der Waals surface area contributed by atoms with Gasteiger partial charge in [0, 0.05) is 51.2 Å². The van der Waals surface area contributed by atoms with Crippen molar-refractivity contribution in [1.82, 2.24) is 13.9 Å². The highest BCUT2D eigenvalue weighted by atomic mass is 35.5. The number of ether oxygens (including phenoxy) is 1. The largest absolute Gasteiger partial charge is 0.490 e. The number of nitrogens with one attached hydrogen (secondary N) is 1. The molecule has 1 spiro atoms. The first kappa shape index (κ1) is 35.7. The monoisotopic (exact) mass is 714 g/mol. The Labute approximate surface area is 294 Å². The lowest BCUT2D eigenvalue weighted by molar-refractivity contribution is -0.148. The number of anilines is 1. The quantitative estimate of drug-likeness (QED) is 0.411. The maximum Gasteiger partial charge on any atom is 0.303 e. The molecule has 2 aromatic rings. The summed E-state index contributed by atoms with van der Waals surface area (Å²) in [5.41, 5.74) is 0.202. The number of allylic oxidation sites excluding steroid dienone is 1. The number of nitrogens with zero attached hydrogens (tertiary/aromatic N) is 3. The van der Waals surface area contributed by atoms with Crippen LogP contribution in [0.3, 0.4) is 0 Å². The van der Waals surface area contributed by atoms with E-state index in [1.54, 1.807) is 19.2 Å². The Hall–Kier alpha value is -3.16. The minimum Gasteiger partial charge on any atom is -0.490 e. The molecule has 2 aliphatic heterocycles. The van der Waals surface area contributed by atoms with Crippen molar-refractivity contribution in [3.63, 3.8) is 0 Å². The highest BCUT2D eigenvalue weighted by Crippen LogP contribution is 2.47. The van der Waals surface area contributed by atoms with Gasteiger partial charge in [-0.25, -0.2) is 4.72 Å². The van der Waals surface area contributed by atoms with Crippen LogP contribution < -0.4 is 14.4 Å². The van der Waals surface area contributed by atoms with Gasteiger partial charge in [-0.15, -0.1) is 0 Å². The fourth-order valence-electron chi connectivity index (χ4n) is 7.83. The third kappa shape index (κ3) is 7.08. The number of aliphatic hydroxyl groups is 2. The Morgan fingerprint density at radius 1 is 1.14 bits per heavy atom. The fourth-order valence-corrected chi connectivity index (χ4v) is 8.62. The van der Waals surface area contributed by atoms with Crippen molar-refractivity contribution in [3.8, 4) is 5.75 Å². The zero-order valence-electron chi connectivity index (χ0n) is 28.4. The second-order valence-corrected chi connectivity index (χ2v) is 16.7. The molecule has 13 heteroatoms. The van der Waals surface area contributed by atoms with Crippen molar-refractivity contribution in [3.05, 3.63) is 70.3 Å². The summed E-state index contributed by atoms with van der Waals surface area (Å²) in [4.78, 5) is 31.0. The molecule has 0 saturated heterocycles. The number of benzene rings is 2. The van der Waals surface area contributed by atoms with Gasteiger partial charge in [0.05, 0.1) is 24.8 Å². The molecule has 6 rings (SSSR count). The lowest BCUT2D eigenvalue weighted by atomic mass is 9.68. The summed E-state index contributed by atoms with van der Waals surface area (Å²) in [6.45, 7) is 1.93. The Morgan fingerprint density at radius 3 is 2.67 bits per heavy atom. The predicted molar refractivity (Wildman–Crippen MR) is 188 cm³/mol. The molecule has 5 atom stereocenters. The molecule has 0 radical (unpaired) electrons. The summed E-state index contributed by atoms with van der Waals surface area (Å²) in [6, 6.07) is 10.9. The molecule has 2 bridgehead atoms. The van der Waals surface area contributed by atoms with Crippen LogP contribution in [-0.4, -0.2) is 93.1 Å². The van der Waals surface area contributed by atoms with Crippen molar-refractivity contribution in [2.24, 2.45) is 11.8 Å². The molecule has 49 heavy (non-hydrogen) atoms. The van der Waals surface area contributed by atoms with E-state index in [1.165, 1.54) is 36.2 Å². The lowest BCUT2D eigenvalue weighted by Gasteiger charge is -2.45. The second kappa shape index (κ2) is 13.9. The molecule has 11 nitrogen and oxygen atoms in total. The summed E-state index contributed by atoms with van der Waals surface area (Å²) in [6.07, 6.45) is 8.39. The Kier molecular flexibility index (Phi) is 10.1. The van der Waals surface area contributed by atoms with E-state index in [0.29, 0.717) is 55.5 Å². The summed E-state index contributed by atoms with van der Waals surface area (Å²) >= 11 is 6.42. The summed E-state index contributed by atoms with van der Waals surface area (Å²) < 4.78 is 35.0. The first-order chi connectivity index (χ1) is 23.2. The van der Waals surface area contributed by atoms with Crippen LogP contribution in [0, 0.1) is 11.8 Å². The van der Waals surface area contributed by atoms with Gasteiger partial charge in [-0.05, 0) is 97.7 Å². The first-order valence-electron chi connectivity index (χ1n) is 17.1. The van der Waals surface area contributed by atoms with E-state index in [4.69, 9.17) is 16.3 Å². The van der Waals surface area contributed by atoms with E-state index in [2.05, 4.69) is 11.0 Å². The summed E-state index contributed by atoms with van der Waals surface area (Å²) in [5.74, 6) is -0.940. The van der Waals surface area contributed by atoms with Gasteiger partial charge < -0.3 is 24.7 Å². The van der Waals surface area contributed by atoms with E-state index in [-0.39, 0.29) is 22.8 Å². The third-order valence-corrected chi connectivity index (χ3v) is 12.6. The minimum absolute atomic E-state index is 0.0688. The molecule has 2 aromatic carbocycles. The van der Waals surface area contributed by atoms with Gasteiger partial charge in [0.2, 0.25) is 5.91 Å². The molecule has 0 unspecified atom stereocenters. The van der Waals surface area contributed by atoms with Crippen molar-refractivity contribution in [2.75, 3.05) is 52.3 Å². The predicted octanol–water partition coefficient (Wildman–Crippen LogP) is 3.51. The minimum atomic E-state index is -4.29. The van der Waals surface area contributed by atoms with Gasteiger partial charge in [-0.1, -0.05) is 35.9 Å². The van der Waals surface area contributed by atoms with Crippen LogP contribution in [0.4, 0.5) is 5.69 Å². The van der Waals surface area contributed by atoms with Crippen LogP contribution in [0.2, 0.25) is 5.02 Å². The van der Waals surface area contributed by atoms with E-state index in [0.717, 1.165) is 36.4 Å². The highest BCUT2D eigenvalue weighted by Gasteiger charge is 2.47. The van der Waals surface area contributed by atoms with Gasteiger partial charge in [0.15, 0.2) is 5.60 Å². The number of carbonyl (C=O) groups excluding carboxylic acids is 2. The molecule has 266 valence electrons. The number of aryl methyl sites for hydroxylation is 1. The molecule has 2 aliphatic carbocycles. The Morgan fingerprint density at radius 2 is 1.94 bits per heavy atom. The highest BCUT2D eigenvalue weighted by molar-refractivity contribution is 7.87. The summed E-state index contributed by atoms with van der Waals surface area (Å²) in [7, 11) is -0.166. The number of rotatable bonds is 3. The third-order valence-electron chi connectivity index (χ3n) is 11.0. The topological polar surface area (TPSA) is 140 Å². The van der Waals surface area contributed by atoms with E-state index >= 15 is 0 Å². The SMILES string of the molecule is CN1CCC/C=C/[C@H](O)[C@@H]2CC[C@H]2CN2C[C@@]3(CCCc4cc(Cl)ccc43)COc3ccc(cc32)[C@@](O)(C(=O)NS(=O)(=O)N(C)C)CC1=O. The average molecular weight is 715 g/mol. The summed E-state index contributed by atoms with van der Waals surface area (Å²) in [5, 5.41) is 24.1. The van der Waals surface area contributed by atoms with Gasteiger partial charge >= 0.3 is 10.2 Å². The van der Waals surface area contributed by atoms with E-state index in [9.17, 15) is 28.2 Å². The molecular formula is C36H47ClN4O7S. The van der Waals surface area contributed by atoms with Gasteiger partial charge in [-0.3, -0.25) is 9.59 Å². The van der Waals surface area contributed by atoms with E-state index < -0.39 is 40.1 Å². The van der Waals surface area contributed by atoms with Crippen molar-refractivity contribution in [2.45, 2.75) is 68.5 Å². The molecule has 2 heterocycles. The second-order valence-electron chi connectivity index (χ2n) is 14.4. The Balaban J connectivity index is 1.47. The number of aliphatic hydroxyl groups excluding tert-OH is 1. The van der Waals surface area contributed by atoms with Crippen LogP contribution in [0.1, 0.15) is 61.6 Å². The number of halogens is 1. The Bertz CT molecular complexity index is 1740. The van der Waals surface area contributed by atoms with Crippen LogP contribution >= 0.6 is 11.6 Å². The van der Waals surface area contributed by atoms with Crippen molar-refractivity contribution >= 4 is 39.3 Å². The molecule has 1 fully saturated rings. The molecule has 0 aromatic heterocycles. The normalized spacial score (nSPS) is 29.9. The van der Waals surface area contributed by atoms with Crippen LogP contribution in [0.15, 0.2) is 48.6 Å². The van der Waals surface area contributed by atoms with Gasteiger partial charge in [-0.2, -0.15) is 12.7 Å². The zero-order chi connectivity index (χ0) is 35.1. The molecule has 3 N–H and O–H groups in total. The number of fused-ring (bicyclic) bond motifs is 4. The molecule has 1 saturated carbocycles. The number of hydrogen-bond acceptors (Lipinski definition) is 8. The van der Waals surface area contributed by atoms with Gasteiger partial charge in [0.25, 0.3) is 5.91 Å². The lowest BCUT2D eigenvalue weighted by Crippen LogP contribution is -2.52. The van der Waals surface area contributed by atoms with Crippen LogP contribution in [-0.2, 0) is 37.2 Å². The van der Waals surface area contributed by atoms with Crippen LogP contribution in [0.25, 0.3) is 0 Å². The molecule has 2 amide bonds. The average Bonchev–Trinajstić information content (AvgIpc) is 3.18. The molecular weight excluding hydrogens is 668 g/mol. The zero-order valence-corrected chi connectivity index (χ0v) is 30.0. The standard InChI is InChI=1S/C36H47ClN4O7S/c1-39(2)49(46,47)38-34(44)36(45)20-33(43)40(3)17-6-4-5-9-31(42)28-13-10-25(28)21-41-22-35(23-48-32-15-11-26(36)19-30(32)41)16-7-8-24-18-27(37)12-14-29(24)35/h5,9,11-12,14-15,18-19,25,28,31,42,45H,4,6-8,10,13,16-17,20-23H2,1-3H3,(H,38,44)/b9-5+/t25-,28+,31-,35-,36+/m0/s1. The fraction of sp³-hybridized carbons (Fsp3) is 0.556. The van der Waals surface area contributed by atoms with Crippen LogP contribution in [0.5, 0.6) is 5.75 Å². The number of hydrogen-bond donors (Lipinski definition) is 3. The molecule has 4 aliphatic rings.